The third-order valence-corrected chi connectivity index (χ3v) is 6.25. The van der Waals surface area contributed by atoms with E-state index in [0.717, 1.165) is 24.2 Å². The summed E-state index contributed by atoms with van der Waals surface area (Å²) in [5.74, 6) is 0.0325. The van der Waals surface area contributed by atoms with Gasteiger partial charge in [0.15, 0.2) is 5.78 Å². The zero-order chi connectivity index (χ0) is 28.0. The van der Waals surface area contributed by atoms with Crippen LogP contribution in [0.15, 0.2) is 72.8 Å². The predicted octanol–water partition coefficient (Wildman–Crippen LogP) is 6.06. The number of nitriles is 1. The molecule has 0 radical (unpaired) electrons. The van der Waals surface area contributed by atoms with E-state index in [1.165, 1.54) is 26.2 Å². The third kappa shape index (κ3) is 9.42. The Balaban J connectivity index is 1.50. The maximum Gasteiger partial charge on any atom is 0.343 e. The number of nitrogens with one attached hydrogen (secondary N) is 1. The molecular weight excluding hydrogens is 492 g/mol. The summed E-state index contributed by atoms with van der Waals surface area (Å²) >= 11 is 0. The largest absolute Gasteiger partial charge is 0.494 e. The lowest BCUT2D eigenvalue weighted by Gasteiger charge is -2.16. The first-order chi connectivity index (χ1) is 18.9. The number of unbranched alkanes of at least 4 members (excludes halogenated alkanes) is 4. The first kappa shape index (κ1) is 29.1. The Morgan fingerprint density at radius 3 is 2.05 bits per heavy atom. The van der Waals surface area contributed by atoms with Gasteiger partial charge in [-0.05, 0) is 86.0 Å². The highest BCUT2D eigenvalue weighted by molar-refractivity contribution is 5.97. The van der Waals surface area contributed by atoms with Gasteiger partial charge in [-0.25, -0.2) is 4.79 Å². The van der Waals surface area contributed by atoms with Crippen LogP contribution in [0, 0.1) is 11.3 Å². The van der Waals surface area contributed by atoms with Crippen molar-refractivity contribution in [3.8, 4) is 17.6 Å². The zero-order valence-corrected chi connectivity index (χ0v) is 22.4. The van der Waals surface area contributed by atoms with Crippen LogP contribution in [0.4, 0.5) is 0 Å². The van der Waals surface area contributed by atoms with E-state index in [9.17, 15) is 14.4 Å². The van der Waals surface area contributed by atoms with Crippen LogP contribution in [0.2, 0.25) is 0 Å². The van der Waals surface area contributed by atoms with Crippen LogP contribution in [-0.4, -0.2) is 30.3 Å². The minimum absolute atomic E-state index is 0.184. The molecule has 7 heteroatoms. The molecule has 39 heavy (non-hydrogen) atoms. The Morgan fingerprint density at radius 2 is 1.44 bits per heavy atom. The number of nitrogens with zero attached hydrogens (tertiary/aromatic N) is 1. The summed E-state index contributed by atoms with van der Waals surface area (Å²) in [7, 11) is 0. The molecule has 0 aliphatic rings. The molecule has 0 aliphatic heterocycles. The number of rotatable bonds is 14. The molecule has 1 atom stereocenters. The van der Waals surface area contributed by atoms with Gasteiger partial charge in [0.25, 0.3) is 5.91 Å². The summed E-state index contributed by atoms with van der Waals surface area (Å²) in [6.07, 6.45) is 6.13. The summed E-state index contributed by atoms with van der Waals surface area (Å²) in [6, 6.07) is 21.2. The van der Waals surface area contributed by atoms with Gasteiger partial charge >= 0.3 is 5.97 Å². The molecule has 0 aliphatic carbocycles. The number of hydrogen-bond acceptors (Lipinski definition) is 6. The van der Waals surface area contributed by atoms with Crippen molar-refractivity contribution in [3.63, 3.8) is 0 Å². The number of ketones is 1. The molecule has 0 fully saturated rings. The molecule has 0 heterocycles. The van der Waals surface area contributed by atoms with Crippen molar-refractivity contribution >= 4 is 17.7 Å². The Morgan fingerprint density at radius 1 is 0.821 bits per heavy atom. The van der Waals surface area contributed by atoms with Crippen molar-refractivity contribution in [1.29, 1.82) is 5.26 Å². The fourth-order valence-electron chi connectivity index (χ4n) is 3.91. The van der Waals surface area contributed by atoms with Crippen LogP contribution in [0.3, 0.4) is 0 Å². The second-order valence-corrected chi connectivity index (χ2v) is 9.35. The molecule has 3 rings (SSSR count). The minimum Gasteiger partial charge on any atom is -0.494 e. The Kier molecular flexibility index (Phi) is 11.3. The first-order valence-electron chi connectivity index (χ1n) is 13.2. The average Bonchev–Trinajstić information content (AvgIpc) is 2.95. The summed E-state index contributed by atoms with van der Waals surface area (Å²) < 4.78 is 11.2. The maximum absolute atomic E-state index is 12.6. The SMILES string of the molecule is CCCCCCCOc1ccc(C(=O)Oc2ccc(C[C@H](NC(=O)c3ccc(C#N)cc3)C(C)=O)cc2)cc1. The molecule has 202 valence electrons. The van der Waals surface area contributed by atoms with Crippen molar-refractivity contribution in [1.82, 2.24) is 5.32 Å². The summed E-state index contributed by atoms with van der Waals surface area (Å²) in [5.41, 5.74) is 2.03. The predicted molar refractivity (Wildman–Crippen MR) is 149 cm³/mol. The van der Waals surface area contributed by atoms with Gasteiger partial charge in [-0.2, -0.15) is 5.26 Å². The normalized spacial score (nSPS) is 11.2. The number of esters is 1. The maximum atomic E-state index is 12.6. The van der Waals surface area contributed by atoms with E-state index in [-0.39, 0.29) is 12.2 Å². The van der Waals surface area contributed by atoms with Crippen LogP contribution in [0.5, 0.6) is 11.5 Å². The van der Waals surface area contributed by atoms with E-state index in [1.807, 2.05) is 6.07 Å². The van der Waals surface area contributed by atoms with E-state index in [2.05, 4.69) is 12.2 Å². The first-order valence-corrected chi connectivity index (χ1v) is 13.2. The number of carbonyl (C=O) groups is 3. The lowest BCUT2D eigenvalue weighted by molar-refractivity contribution is -0.118. The molecule has 0 saturated carbocycles. The molecule has 0 aromatic heterocycles. The molecule has 3 aromatic carbocycles. The van der Waals surface area contributed by atoms with Crippen LogP contribution in [-0.2, 0) is 11.2 Å². The second-order valence-electron chi connectivity index (χ2n) is 9.35. The van der Waals surface area contributed by atoms with Gasteiger partial charge in [0, 0.05) is 5.56 Å². The lowest BCUT2D eigenvalue weighted by Crippen LogP contribution is -2.41. The topological polar surface area (TPSA) is 105 Å². The molecule has 0 bridgehead atoms. The van der Waals surface area contributed by atoms with E-state index in [4.69, 9.17) is 14.7 Å². The number of amides is 1. The van der Waals surface area contributed by atoms with Gasteiger partial charge in [0.05, 0.1) is 29.8 Å². The van der Waals surface area contributed by atoms with Crippen molar-refractivity contribution in [3.05, 3.63) is 95.1 Å². The second kappa shape index (κ2) is 15.1. The molecule has 0 spiro atoms. The van der Waals surface area contributed by atoms with Crippen LogP contribution in [0.25, 0.3) is 0 Å². The number of ether oxygens (including phenoxy) is 2. The van der Waals surface area contributed by atoms with E-state index in [0.29, 0.717) is 29.0 Å². The molecule has 0 saturated heterocycles. The standard InChI is InChI=1S/C32H34N2O5/c1-3-4-5-6-7-20-38-28-18-14-27(15-19-28)32(37)39-29-16-10-24(11-17-29)21-30(23(2)35)34-31(36)26-12-8-25(22-33)9-13-26/h8-19,30H,3-7,20-21H2,1-2H3,(H,34,36)/t30-/m0/s1. The highest BCUT2D eigenvalue weighted by Crippen LogP contribution is 2.18. The lowest BCUT2D eigenvalue weighted by atomic mass is 10.0. The summed E-state index contributed by atoms with van der Waals surface area (Å²) in [6.45, 7) is 4.27. The average molecular weight is 527 g/mol. The van der Waals surface area contributed by atoms with Gasteiger partial charge < -0.3 is 14.8 Å². The number of hydrogen-bond donors (Lipinski definition) is 1. The Bertz CT molecular complexity index is 1280. The quantitative estimate of drug-likeness (QED) is 0.156. The van der Waals surface area contributed by atoms with Gasteiger partial charge in [-0.1, -0.05) is 44.7 Å². The van der Waals surface area contributed by atoms with E-state index >= 15 is 0 Å². The molecule has 0 unspecified atom stereocenters. The molecule has 1 amide bonds. The van der Waals surface area contributed by atoms with Crippen molar-refractivity contribution < 1.29 is 23.9 Å². The fraction of sp³-hybridized carbons (Fsp3) is 0.312. The van der Waals surface area contributed by atoms with Crippen molar-refractivity contribution in [2.75, 3.05) is 6.61 Å². The number of benzene rings is 3. The Hall–Kier alpha value is -4.44. The van der Waals surface area contributed by atoms with Crippen molar-refractivity contribution in [2.24, 2.45) is 0 Å². The van der Waals surface area contributed by atoms with Crippen LogP contribution in [0.1, 0.15) is 77.8 Å². The molecule has 3 aromatic rings. The third-order valence-electron chi connectivity index (χ3n) is 6.25. The number of carbonyl (C=O) groups excluding carboxylic acids is 3. The zero-order valence-electron chi connectivity index (χ0n) is 22.4. The van der Waals surface area contributed by atoms with Gasteiger partial charge in [-0.3, -0.25) is 9.59 Å². The minimum atomic E-state index is -0.724. The smallest absolute Gasteiger partial charge is 0.343 e. The highest BCUT2D eigenvalue weighted by Gasteiger charge is 2.19. The highest BCUT2D eigenvalue weighted by atomic mass is 16.5. The summed E-state index contributed by atoms with van der Waals surface area (Å²) in [4.78, 5) is 37.3. The molecular formula is C32H34N2O5. The van der Waals surface area contributed by atoms with Gasteiger partial charge in [0.1, 0.15) is 11.5 Å². The van der Waals surface area contributed by atoms with Crippen molar-refractivity contribution in [2.45, 2.75) is 58.4 Å². The van der Waals surface area contributed by atoms with Gasteiger partial charge in [-0.15, -0.1) is 0 Å². The van der Waals surface area contributed by atoms with Gasteiger partial charge in [0.2, 0.25) is 0 Å². The van der Waals surface area contributed by atoms with E-state index < -0.39 is 17.9 Å². The fourth-order valence-corrected chi connectivity index (χ4v) is 3.91. The monoisotopic (exact) mass is 526 g/mol. The van der Waals surface area contributed by atoms with Crippen LogP contribution >= 0.6 is 0 Å². The Labute approximate surface area is 229 Å². The number of Topliss-reactive ketones (excluding diaryl/α,β-unsaturated/α-hetero) is 1. The van der Waals surface area contributed by atoms with E-state index in [1.54, 1.807) is 72.8 Å². The van der Waals surface area contributed by atoms with Crippen LogP contribution < -0.4 is 14.8 Å². The summed E-state index contributed by atoms with van der Waals surface area (Å²) in [5, 5.41) is 11.7. The molecule has 7 nitrogen and oxygen atoms in total. The molecule has 1 N–H and O–H groups in total.